The summed E-state index contributed by atoms with van der Waals surface area (Å²) in [6.07, 6.45) is 1.69. The number of imidazole rings is 1. The predicted molar refractivity (Wildman–Crippen MR) is 123 cm³/mol. The van der Waals surface area contributed by atoms with Crippen molar-refractivity contribution in [3.8, 4) is 11.5 Å². The first kappa shape index (κ1) is 22.0. The van der Waals surface area contributed by atoms with Crippen LogP contribution in [0.1, 0.15) is 27.2 Å². The monoisotopic (exact) mass is 457 g/mol. The zero-order chi connectivity index (χ0) is 23.0. The lowest BCUT2D eigenvalue weighted by Gasteiger charge is -2.21. The third-order valence-corrected chi connectivity index (χ3v) is 5.78. The second-order valence-corrected chi connectivity index (χ2v) is 9.70. The van der Waals surface area contributed by atoms with Crippen LogP contribution in [-0.4, -0.2) is 51.9 Å². The maximum atomic E-state index is 12.5. The van der Waals surface area contributed by atoms with Gasteiger partial charge in [-0.1, -0.05) is 0 Å². The van der Waals surface area contributed by atoms with E-state index in [1.165, 1.54) is 18.1 Å². The van der Waals surface area contributed by atoms with Gasteiger partial charge in [0.25, 0.3) is 0 Å². The van der Waals surface area contributed by atoms with Crippen molar-refractivity contribution in [3.05, 3.63) is 18.5 Å². The quantitative estimate of drug-likeness (QED) is 0.575. The maximum Gasteiger partial charge on any atom is 0.231 e. The molecule has 0 spiro atoms. The maximum absolute atomic E-state index is 12.5. The van der Waals surface area contributed by atoms with Crippen molar-refractivity contribution in [2.75, 3.05) is 31.5 Å². The van der Waals surface area contributed by atoms with Crippen LogP contribution in [0.25, 0.3) is 11.2 Å². The van der Waals surface area contributed by atoms with Crippen LogP contribution >= 0.6 is 11.8 Å². The zero-order valence-electron chi connectivity index (χ0n) is 18.8. The smallest absolute Gasteiger partial charge is 0.231 e. The minimum absolute atomic E-state index is 0.0469. The van der Waals surface area contributed by atoms with E-state index in [0.29, 0.717) is 40.2 Å². The van der Waals surface area contributed by atoms with Gasteiger partial charge in [-0.2, -0.15) is 0 Å². The molecule has 0 saturated carbocycles. The number of fused-ring (bicyclic) bond motifs is 2. The Kier molecular flexibility index (Phi) is 5.76. The lowest BCUT2D eigenvalue weighted by Crippen LogP contribution is -2.40. The molecule has 32 heavy (non-hydrogen) atoms. The Morgan fingerprint density at radius 3 is 2.66 bits per heavy atom. The van der Waals surface area contributed by atoms with E-state index in [1.54, 1.807) is 0 Å². The standard InChI is InChI=1S/C21H27N7O3S/c1-21(2,3)26-16(29)6-7-28-19-17(18(22)23-10-24-19)25-20(28)32-15-9-14-13(30-11-31-14)8-12(15)27(4)5/h8-10H,6-7,11H2,1-5H3,(H,26,29)(H2,22,23,24). The summed E-state index contributed by atoms with van der Waals surface area (Å²) >= 11 is 1.45. The van der Waals surface area contributed by atoms with E-state index in [2.05, 4.69) is 15.3 Å². The van der Waals surface area contributed by atoms with Crippen LogP contribution in [0.3, 0.4) is 0 Å². The van der Waals surface area contributed by atoms with Crippen LogP contribution in [0.5, 0.6) is 11.5 Å². The summed E-state index contributed by atoms with van der Waals surface area (Å²) in [5, 5.41) is 3.65. The second kappa shape index (κ2) is 8.38. The van der Waals surface area contributed by atoms with Crippen LogP contribution in [-0.2, 0) is 11.3 Å². The molecule has 0 fully saturated rings. The van der Waals surface area contributed by atoms with E-state index in [1.807, 2.05) is 56.5 Å². The van der Waals surface area contributed by atoms with E-state index in [0.717, 1.165) is 10.6 Å². The Hall–Kier alpha value is -3.21. The number of nitrogens with one attached hydrogen (secondary N) is 1. The molecule has 0 atom stereocenters. The zero-order valence-corrected chi connectivity index (χ0v) is 19.6. The van der Waals surface area contributed by atoms with Crippen LogP contribution in [0.4, 0.5) is 11.5 Å². The fourth-order valence-electron chi connectivity index (χ4n) is 3.35. The number of benzene rings is 1. The number of hydrogen-bond acceptors (Lipinski definition) is 9. The number of anilines is 2. The normalized spacial score (nSPS) is 12.9. The van der Waals surface area contributed by atoms with E-state index in [4.69, 9.17) is 20.2 Å². The summed E-state index contributed by atoms with van der Waals surface area (Å²) in [6.45, 7) is 6.46. The van der Waals surface area contributed by atoms with E-state index in [9.17, 15) is 4.79 Å². The molecule has 1 amide bonds. The highest BCUT2D eigenvalue weighted by molar-refractivity contribution is 7.99. The summed E-state index contributed by atoms with van der Waals surface area (Å²) in [4.78, 5) is 28.5. The van der Waals surface area contributed by atoms with E-state index in [-0.39, 0.29) is 24.7 Å². The summed E-state index contributed by atoms with van der Waals surface area (Å²) in [5.41, 5.74) is 7.83. The molecular weight excluding hydrogens is 430 g/mol. The molecule has 0 bridgehead atoms. The number of amides is 1. The highest BCUT2D eigenvalue weighted by atomic mass is 32.2. The number of aromatic nitrogens is 4. The van der Waals surface area contributed by atoms with Crippen LogP contribution in [0, 0.1) is 0 Å². The Morgan fingerprint density at radius 2 is 1.97 bits per heavy atom. The molecule has 170 valence electrons. The SMILES string of the molecule is CN(C)c1cc2c(cc1Sc1nc3c(N)ncnc3n1CCC(=O)NC(C)(C)C)OCO2. The number of rotatable bonds is 6. The molecule has 0 aliphatic carbocycles. The molecule has 0 saturated heterocycles. The van der Waals surface area contributed by atoms with Crippen molar-refractivity contribution in [2.24, 2.45) is 0 Å². The van der Waals surface area contributed by atoms with Crippen molar-refractivity contribution in [2.45, 2.75) is 49.3 Å². The van der Waals surface area contributed by atoms with E-state index >= 15 is 0 Å². The number of ether oxygens (including phenoxy) is 2. The average molecular weight is 458 g/mol. The fraction of sp³-hybridized carbons (Fsp3) is 0.429. The highest BCUT2D eigenvalue weighted by Crippen LogP contribution is 2.44. The van der Waals surface area contributed by atoms with Gasteiger partial charge in [-0.3, -0.25) is 4.79 Å². The van der Waals surface area contributed by atoms with Gasteiger partial charge in [-0.25, -0.2) is 15.0 Å². The number of carbonyl (C=O) groups excluding carboxylic acids is 1. The molecule has 3 aromatic rings. The van der Waals surface area contributed by atoms with Crippen molar-refractivity contribution in [1.82, 2.24) is 24.8 Å². The van der Waals surface area contributed by atoms with Crippen molar-refractivity contribution in [1.29, 1.82) is 0 Å². The molecule has 11 heteroatoms. The molecule has 1 aliphatic heterocycles. The Morgan fingerprint density at radius 1 is 1.25 bits per heavy atom. The summed E-state index contributed by atoms with van der Waals surface area (Å²) < 4.78 is 13.0. The Bertz CT molecular complexity index is 1170. The number of carbonyl (C=O) groups is 1. The predicted octanol–water partition coefficient (Wildman–Crippen LogP) is 2.66. The first-order valence-corrected chi connectivity index (χ1v) is 11.0. The van der Waals surface area contributed by atoms with Crippen molar-refractivity contribution in [3.63, 3.8) is 0 Å². The van der Waals surface area contributed by atoms with Gasteiger partial charge in [0.05, 0.1) is 5.69 Å². The van der Waals surface area contributed by atoms with Gasteiger partial charge in [0.2, 0.25) is 12.7 Å². The van der Waals surface area contributed by atoms with E-state index < -0.39 is 0 Å². The minimum atomic E-state index is -0.300. The van der Waals surface area contributed by atoms with Gasteiger partial charge in [0.1, 0.15) is 6.33 Å². The number of aryl methyl sites for hydroxylation is 1. The first-order chi connectivity index (χ1) is 15.1. The molecule has 10 nitrogen and oxygen atoms in total. The lowest BCUT2D eigenvalue weighted by atomic mass is 10.1. The molecular formula is C21H27N7O3S. The lowest BCUT2D eigenvalue weighted by molar-refractivity contribution is -0.122. The molecule has 0 radical (unpaired) electrons. The second-order valence-electron chi connectivity index (χ2n) is 8.69. The molecule has 1 aromatic carbocycles. The highest BCUT2D eigenvalue weighted by Gasteiger charge is 2.23. The fourth-order valence-corrected chi connectivity index (χ4v) is 4.48. The summed E-state index contributed by atoms with van der Waals surface area (Å²) in [6, 6.07) is 3.88. The number of hydrogen-bond donors (Lipinski definition) is 2. The summed E-state index contributed by atoms with van der Waals surface area (Å²) in [7, 11) is 3.93. The van der Waals surface area contributed by atoms with Gasteiger partial charge in [-0.05, 0) is 32.5 Å². The largest absolute Gasteiger partial charge is 0.454 e. The van der Waals surface area contributed by atoms with Crippen LogP contribution < -0.4 is 25.4 Å². The Balaban J connectivity index is 1.71. The van der Waals surface area contributed by atoms with Crippen molar-refractivity contribution >= 4 is 40.3 Å². The molecule has 3 N–H and O–H groups in total. The van der Waals surface area contributed by atoms with Gasteiger partial charge in [-0.15, -0.1) is 0 Å². The molecule has 3 heterocycles. The third kappa shape index (κ3) is 4.52. The van der Waals surface area contributed by atoms with Gasteiger partial charge >= 0.3 is 0 Å². The van der Waals surface area contributed by atoms with Gasteiger partial charge in [0.15, 0.2) is 33.6 Å². The minimum Gasteiger partial charge on any atom is -0.454 e. The first-order valence-electron chi connectivity index (χ1n) is 10.2. The molecule has 2 aromatic heterocycles. The molecule has 4 rings (SSSR count). The number of nitrogen functional groups attached to an aromatic ring is 1. The van der Waals surface area contributed by atoms with Crippen LogP contribution in [0.2, 0.25) is 0 Å². The number of nitrogens with two attached hydrogens (primary N) is 1. The Labute approximate surface area is 190 Å². The van der Waals surface area contributed by atoms with Crippen molar-refractivity contribution < 1.29 is 14.3 Å². The van der Waals surface area contributed by atoms with Gasteiger partial charge in [0, 0.05) is 49.6 Å². The van der Waals surface area contributed by atoms with Crippen LogP contribution in [0.15, 0.2) is 28.5 Å². The van der Waals surface area contributed by atoms with Gasteiger partial charge < -0.3 is 30.0 Å². The molecule has 0 unspecified atom stereocenters. The number of nitrogens with zero attached hydrogens (tertiary/aromatic N) is 5. The topological polar surface area (TPSA) is 120 Å². The third-order valence-electron chi connectivity index (χ3n) is 4.74. The summed E-state index contributed by atoms with van der Waals surface area (Å²) in [5.74, 6) is 1.65. The average Bonchev–Trinajstić information content (AvgIpc) is 3.29. The molecule has 1 aliphatic rings.